The predicted molar refractivity (Wildman–Crippen MR) is 80.4 cm³/mol. The van der Waals surface area contributed by atoms with Crippen molar-refractivity contribution in [3.8, 4) is 11.5 Å². The standard InChI is InChI=1S/C16H17NO5/c1-20-14-7-5-11(10-15(14)21-2)17-16(19)8-6-12(18)13-4-3-9-22-13/h3-5,7,9-10H,6,8H2,1-2H3,(H,17,19). The van der Waals surface area contributed by atoms with E-state index in [9.17, 15) is 9.59 Å². The fourth-order valence-corrected chi connectivity index (χ4v) is 1.92. The zero-order chi connectivity index (χ0) is 15.9. The fraction of sp³-hybridized carbons (Fsp3) is 0.250. The highest BCUT2D eigenvalue weighted by atomic mass is 16.5. The number of Topliss-reactive ketones (excluding diaryl/α,β-unsaturated/α-hetero) is 1. The molecule has 1 aromatic heterocycles. The molecule has 0 aliphatic heterocycles. The smallest absolute Gasteiger partial charge is 0.224 e. The highest BCUT2D eigenvalue weighted by Gasteiger charge is 2.12. The van der Waals surface area contributed by atoms with Crippen LogP contribution in [0.15, 0.2) is 41.0 Å². The van der Waals surface area contributed by atoms with Crippen molar-refractivity contribution in [3.63, 3.8) is 0 Å². The Kier molecular flexibility index (Phi) is 5.19. The van der Waals surface area contributed by atoms with Gasteiger partial charge in [-0.15, -0.1) is 0 Å². The van der Waals surface area contributed by atoms with E-state index in [4.69, 9.17) is 13.9 Å². The van der Waals surface area contributed by atoms with Crippen molar-refractivity contribution < 1.29 is 23.5 Å². The van der Waals surface area contributed by atoms with Gasteiger partial charge in [-0.3, -0.25) is 9.59 Å². The first-order valence-electron chi connectivity index (χ1n) is 6.72. The number of anilines is 1. The normalized spacial score (nSPS) is 10.1. The molecule has 1 N–H and O–H groups in total. The minimum Gasteiger partial charge on any atom is -0.493 e. The van der Waals surface area contributed by atoms with E-state index in [1.165, 1.54) is 20.5 Å². The second-order valence-corrected chi connectivity index (χ2v) is 4.52. The maximum absolute atomic E-state index is 11.9. The van der Waals surface area contributed by atoms with Crippen LogP contribution in [0.4, 0.5) is 5.69 Å². The molecule has 0 saturated carbocycles. The van der Waals surface area contributed by atoms with Crippen molar-refractivity contribution in [1.82, 2.24) is 0 Å². The molecular weight excluding hydrogens is 286 g/mol. The number of amides is 1. The minimum absolute atomic E-state index is 0.0773. The van der Waals surface area contributed by atoms with Gasteiger partial charge in [0.05, 0.1) is 20.5 Å². The van der Waals surface area contributed by atoms with Crippen LogP contribution in [-0.2, 0) is 4.79 Å². The first-order valence-corrected chi connectivity index (χ1v) is 6.72. The van der Waals surface area contributed by atoms with E-state index < -0.39 is 0 Å². The molecule has 2 aromatic rings. The highest BCUT2D eigenvalue weighted by Crippen LogP contribution is 2.29. The van der Waals surface area contributed by atoms with E-state index in [1.807, 2.05) is 0 Å². The summed E-state index contributed by atoms with van der Waals surface area (Å²) < 4.78 is 15.3. The van der Waals surface area contributed by atoms with Crippen molar-refractivity contribution in [1.29, 1.82) is 0 Å². The van der Waals surface area contributed by atoms with E-state index in [0.29, 0.717) is 17.2 Å². The SMILES string of the molecule is COc1ccc(NC(=O)CCC(=O)c2ccco2)cc1OC. The molecule has 2 rings (SSSR count). The average molecular weight is 303 g/mol. The number of benzene rings is 1. The van der Waals surface area contributed by atoms with Gasteiger partial charge >= 0.3 is 0 Å². The number of furan rings is 1. The Morgan fingerprint density at radius 1 is 1.09 bits per heavy atom. The quantitative estimate of drug-likeness (QED) is 0.796. The lowest BCUT2D eigenvalue weighted by molar-refractivity contribution is -0.116. The highest BCUT2D eigenvalue weighted by molar-refractivity contribution is 5.98. The van der Waals surface area contributed by atoms with Crippen LogP contribution < -0.4 is 14.8 Å². The summed E-state index contributed by atoms with van der Waals surface area (Å²) in [6, 6.07) is 8.27. The number of ketones is 1. The molecule has 0 fully saturated rings. The molecule has 0 aliphatic carbocycles. The van der Waals surface area contributed by atoms with Gasteiger partial charge in [-0.1, -0.05) is 0 Å². The zero-order valence-electron chi connectivity index (χ0n) is 12.4. The third-order valence-electron chi connectivity index (χ3n) is 3.04. The Morgan fingerprint density at radius 3 is 2.50 bits per heavy atom. The van der Waals surface area contributed by atoms with Gasteiger partial charge in [0.2, 0.25) is 5.91 Å². The van der Waals surface area contributed by atoms with Gasteiger partial charge in [0.15, 0.2) is 23.0 Å². The average Bonchev–Trinajstić information content (AvgIpc) is 3.07. The largest absolute Gasteiger partial charge is 0.493 e. The predicted octanol–water partition coefficient (Wildman–Crippen LogP) is 2.90. The van der Waals surface area contributed by atoms with Crippen LogP contribution >= 0.6 is 0 Å². The summed E-state index contributed by atoms with van der Waals surface area (Å²) in [5.41, 5.74) is 0.577. The second-order valence-electron chi connectivity index (χ2n) is 4.52. The molecule has 116 valence electrons. The zero-order valence-corrected chi connectivity index (χ0v) is 12.4. The third kappa shape index (κ3) is 3.88. The molecule has 0 atom stereocenters. The van der Waals surface area contributed by atoms with Crippen LogP contribution in [0.1, 0.15) is 23.4 Å². The number of nitrogens with one attached hydrogen (secondary N) is 1. The monoisotopic (exact) mass is 303 g/mol. The Balaban J connectivity index is 1.90. The lowest BCUT2D eigenvalue weighted by Crippen LogP contribution is -2.13. The molecule has 0 aliphatic rings. The van der Waals surface area contributed by atoms with Gasteiger partial charge in [-0.05, 0) is 24.3 Å². The van der Waals surface area contributed by atoms with Crippen molar-refractivity contribution in [3.05, 3.63) is 42.4 Å². The van der Waals surface area contributed by atoms with E-state index in [0.717, 1.165) is 0 Å². The number of hydrogen-bond acceptors (Lipinski definition) is 5. The lowest BCUT2D eigenvalue weighted by atomic mass is 10.1. The molecule has 6 nitrogen and oxygen atoms in total. The number of carbonyl (C=O) groups is 2. The lowest BCUT2D eigenvalue weighted by Gasteiger charge is -2.10. The van der Waals surface area contributed by atoms with Crippen LogP contribution in [0, 0.1) is 0 Å². The number of hydrogen-bond donors (Lipinski definition) is 1. The van der Waals surface area contributed by atoms with Gasteiger partial charge in [0.1, 0.15) is 0 Å². The van der Waals surface area contributed by atoms with Gasteiger partial charge in [0, 0.05) is 24.6 Å². The first kappa shape index (κ1) is 15.6. The van der Waals surface area contributed by atoms with Gasteiger partial charge in [0.25, 0.3) is 0 Å². The van der Waals surface area contributed by atoms with Crippen molar-refractivity contribution >= 4 is 17.4 Å². The number of methoxy groups -OCH3 is 2. The third-order valence-corrected chi connectivity index (χ3v) is 3.04. The summed E-state index contributed by atoms with van der Waals surface area (Å²) in [6.07, 6.45) is 1.59. The van der Waals surface area contributed by atoms with Crippen LogP contribution in [-0.4, -0.2) is 25.9 Å². The van der Waals surface area contributed by atoms with Gasteiger partial charge in [-0.2, -0.15) is 0 Å². The molecule has 0 unspecified atom stereocenters. The molecule has 0 saturated heterocycles. The summed E-state index contributed by atoms with van der Waals surface area (Å²) in [4.78, 5) is 23.6. The summed E-state index contributed by atoms with van der Waals surface area (Å²) >= 11 is 0. The molecule has 1 heterocycles. The molecule has 0 bridgehead atoms. The van der Waals surface area contributed by atoms with Crippen LogP contribution in [0.25, 0.3) is 0 Å². The molecule has 1 aromatic carbocycles. The van der Waals surface area contributed by atoms with Gasteiger partial charge < -0.3 is 19.2 Å². The first-order chi connectivity index (χ1) is 10.6. The summed E-state index contributed by atoms with van der Waals surface area (Å²) in [7, 11) is 3.06. The van der Waals surface area contributed by atoms with E-state index in [1.54, 1.807) is 30.3 Å². The Labute approximate surface area is 128 Å². The molecule has 1 amide bonds. The van der Waals surface area contributed by atoms with Crippen molar-refractivity contribution in [2.24, 2.45) is 0 Å². The fourth-order valence-electron chi connectivity index (χ4n) is 1.92. The van der Waals surface area contributed by atoms with Crippen LogP contribution in [0.3, 0.4) is 0 Å². The summed E-state index contributed by atoms with van der Waals surface area (Å²) in [6.45, 7) is 0. The number of ether oxygens (including phenoxy) is 2. The molecule has 0 radical (unpaired) electrons. The summed E-state index contributed by atoms with van der Waals surface area (Å²) in [5, 5.41) is 2.71. The molecule has 0 spiro atoms. The van der Waals surface area contributed by atoms with Crippen molar-refractivity contribution in [2.75, 3.05) is 19.5 Å². The van der Waals surface area contributed by atoms with Crippen molar-refractivity contribution in [2.45, 2.75) is 12.8 Å². The van der Waals surface area contributed by atoms with E-state index >= 15 is 0 Å². The van der Waals surface area contributed by atoms with Gasteiger partial charge in [-0.25, -0.2) is 0 Å². The molecule has 6 heteroatoms. The Morgan fingerprint density at radius 2 is 1.86 bits per heavy atom. The molecular formula is C16H17NO5. The van der Waals surface area contributed by atoms with E-state index in [-0.39, 0.29) is 30.3 Å². The van der Waals surface area contributed by atoms with Crippen LogP contribution in [0.2, 0.25) is 0 Å². The number of carbonyl (C=O) groups excluding carboxylic acids is 2. The van der Waals surface area contributed by atoms with Crippen LogP contribution in [0.5, 0.6) is 11.5 Å². The van der Waals surface area contributed by atoms with E-state index in [2.05, 4.69) is 5.32 Å². The Hall–Kier alpha value is -2.76. The summed E-state index contributed by atoms with van der Waals surface area (Å²) in [5.74, 6) is 0.902. The maximum Gasteiger partial charge on any atom is 0.224 e. The molecule has 22 heavy (non-hydrogen) atoms. The number of rotatable bonds is 7. The maximum atomic E-state index is 11.9. The second kappa shape index (κ2) is 7.31. The minimum atomic E-state index is -0.257. The topological polar surface area (TPSA) is 77.8 Å². The Bertz CT molecular complexity index is 649.